The number of hydrogen-bond donors (Lipinski definition) is 0. The van der Waals surface area contributed by atoms with Gasteiger partial charge in [0.25, 0.3) is 0 Å². The zero-order valence-electron chi connectivity index (χ0n) is 12.6. The van der Waals surface area contributed by atoms with Crippen molar-refractivity contribution >= 4 is 6.08 Å². The molecule has 0 amide bonds. The zero-order chi connectivity index (χ0) is 14.8. The minimum atomic E-state index is -0.434. The number of hydrogen-bond acceptors (Lipinski definition) is 4. The number of isocyanates is 1. The lowest BCUT2D eigenvalue weighted by Crippen LogP contribution is -2.21. The Balaban J connectivity index is 2.68. The minimum Gasteiger partial charge on any atom is -0.493 e. The van der Waals surface area contributed by atoms with Crippen molar-refractivity contribution in [3.63, 3.8) is 0 Å². The van der Waals surface area contributed by atoms with Crippen molar-refractivity contribution in [2.24, 2.45) is 4.99 Å². The lowest BCUT2D eigenvalue weighted by Gasteiger charge is -2.27. The number of rotatable bonds is 4. The smallest absolute Gasteiger partial charge is 0.235 e. The Morgan fingerprint density at radius 1 is 1.15 bits per heavy atom. The third-order valence-electron chi connectivity index (χ3n) is 4.27. The summed E-state index contributed by atoms with van der Waals surface area (Å²) in [7, 11) is 3.28. The maximum Gasteiger partial charge on any atom is 0.235 e. The van der Waals surface area contributed by atoms with E-state index >= 15 is 0 Å². The van der Waals surface area contributed by atoms with Crippen LogP contribution in [0, 0.1) is 13.8 Å². The maximum atomic E-state index is 10.9. The third kappa shape index (κ3) is 2.20. The Morgan fingerprint density at radius 2 is 1.75 bits per heavy atom. The summed E-state index contributed by atoms with van der Waals surface area (Å²) < 4.78 is 10.9. The Morgan fingerprint density at radius 3 is 2.25 bits per heavy atom. The first-order chi connectivity index (χ1) is 9.59. The van der Waals surface area contributed by atoms with Crippen molar-refractivity contribution in [1.82, 2.24) is 0 Å². The monoisotopic (exact) mass is 275 g/mol. The highest BCUT2D eigenvalue weighted by Gasteiger charge is 2.38. The van der Waals surface area contributed by atoms with E-state index in [-0.39, 0.29) is 0 Å². The number of aliphatic imine (C=N–C) groups is 1. The van der Waals surface area contributed by atoms with Gasteiger partial charge in [-0.15, -0.1) is 0 Å². The predicted octanol–water partition coefficient (Wildman–Crippen LogP) is 3.43. The first-order valence-corrected chi connectivity index (χ1v) is 6.91. The SMILES string of the molecule is COc1c(C)cc(C2(N=C=O)CCCC2)c(C)c1OC. The van der Waals surface area contributed by atoms with Crippen LogP contribution in [0.25, 0.3) is 0 Å². The number of nitrogens with zero attached hydrogens (tertiary/aromatic N) is 1. The molecule has 0 aliphatic heterocycles. The number of aryl methyl sites for hydroxylation is 1. The summed E-state index contributed by atoms with van der Waals surface area (Å²) in [6.07, 6.45) is 5.70. The fourth-order valence-corrected chi connectivity index (χ4v) is 3.33. The van der Waals surface area contributed by atoms with Gasteiger partial charge in [-0.3, -0.25) is 0 Å². The van der Waals surface area contributed by atoms with E-state index in [9.17, 15) is 4.79 Å². The van der Waals surface area contributed by atoms with Crippen molar-refractivity contribution in [1.29, 1.82) is 0 Å². The van der Waals surface area contributed by atoms with E-state index in [0.29, 0.717) is 0 Å². The second-order valence-electron chi connectivity index (χ2n) is 5.37. The van der Waals surface area contributed by atoms with Gasteiger partial charge in [0, 0.05) is 5.56 Å². The van der Waals surface area contributed by atoms with Gasteiger partial charge in [0.2, 0.25) is 6.08 Å². The van der Waals surface area contributed by atoms with Crippen LogP contribution < -0.4 is 9.47 Å². The van der Waals surface area contributed by atoms with Gasteiger partial charge in [0.1, 0.15) is 0 Å². The Kier molecular flexibility index (Phi) is 4.15. The summed E-state index contributed by atoms with van der Waals surface area (Å²) in [5.41, 5.74) is 2.62. The van der Waals surface area contributed by atoms with Crippen molar-refractivity contribution in [2.45, 2.75) is 45.1 Å². The normalized spacial score (nSPS) is 16.6. The largest absolute Gasteiger partial charge is 0.493 e. The fraction of sp³-hybridized carbons (Fsp3) is 0.562. The molecule has 4 heteroatoms. The average molecular weight is 275 g/mol. The zero-order valence-corrected chi connectivity index (χ0v) is 12.6. The lowest BCUT2D eigenvalue weighted by atomic mass is 9.84. The summed E-state index contributed by atoms with van der Waals surface area (Å²) in [5.74, 6) is 1.48. The van der Waals surface area contributed by atoms with E-state index in [1.54, 1.807) is 20.3 Å². The van der Waals surface area contributed by atoms with Gasteiger partial charge in [-0.1, -0.05) is 12.8 Å². The molecule has 2 rings (SSSR count). The molecule has 1 aliphatic carbocycles. The van der Waals surface area contributed by atoms with Gasteiger partial charge in [0.15, 0.2) is 11.5 Å². The van der Waals surface area contributed by atoms with Gasteiger partial charge < -0.3 is 9.47 Å². The number of methoxy groups -OCH3 is 2. The molecule has 0 radical (unpaired) electrons. The predicted molar refractivity (Wildman–Crippen MR) is 77.3 cm³/mol. The molecule has 1 saturated carbocycles. The van der Waals surface area contributed by atoms with Crippen LogP contribution in [-0.4, -0.2) is 20.3 Å². The van der Waals surface area contributed by atoms with Crippen LogP contribution in [0.4, 0.5) is 0 Å². The van der Waals surface area contributed by atoms with Crippen LogP contribution >= 0.6 is 0 Å². The highest BCUT2D eigenvalue weighted by Crippen LogP contribution is 2.47. The molecular formula is C16H21NO3. The maximum absolute atomic E-state index is 10.9. The number of ether oxygens (including phenoxy) is 2. The van der Waals surface area contributed by atoms with Crippen LogP contribution in [-0.2, 0) is 10.3 Å². The van der Waals surface area contributed by atoms with E-state index < -0.39 is 5.54 Å². The van der Waals surface area contributed by atoms with Crippen molar-refractivity contribution in [3.05, 3.63) is 22.8 Å². The second kappa shape index (κ2) is 5.68. The van der Waals surface area contributed by atoms with Crippen LogP contribution in [0.1, 0.15) is 42.4 Å². The standard InChI is InChI=1S/C16H21NO3/c1-11-9-13(12(2)15(20-4)14(11)19-3)16(17-10-18)7-5-6-8-16/h9H,5-8H2,1-4H3. The second-order valence-corrected chi connectivity index (χ2v) is 5.37. The average Bonchev–Trinajstić information content (AvgIpc) is 2.90. The molecule has 20 heavy (non-hydrogen) atoms. The van der Waals surface area contributed by atoms with Crippen molar-refractivity contribution in [2.75, 3.05) is 14.2 Å². The summed E-state index contributed by atoms with van der Waals surface area (Å²) in [4.78, 5) is 15.0. The first kappa shape index (κ1) is 14.6. The minimum absolute atomic E-state index is 0.434. The van der Waals surface area contributed by atoms with Crippen LogP contribution in [0.2, 0.25) is 0 Å². The Hall–Kier alpha value is -1.80. The highest BCUT2D eigenvalue weighted by molar-refractivity contribution is 5.57. The number of benzene rings is 1. The molecule has 0 atom stereocenters. The molecule has 1 fully saturated rings. The summed E-state index contributed by atoms with van der Waals surface area (Å²) in [5, 5.41) is 0. The molecule has 1 aromatic rings. The lowest BCUT2D eigenvalue weighted by molar-refractivity contribution is 0.347. The molecule has 0 spiro atoms. The molecule has 108 valence electrons. The van der Waals surface area contributed by atoms with Crippen LogP contribution in [0.5, 0.6) is 11.5 Å². The Labute approximate surface area is 119 Å². The quantitative estimate of drug-likeness (QED) is 0.625. The summed E-state index contributed by atoms with van der Waals surface area (Å²) in [6, 6.07) is 2.07. The first-order valence-electron chi connectivity index (χ1n) is 6.91. The molecular weight excluding hydrogens is 254 g/mol. The van der Waals surface area contributed by atoms with Crippen LogP contribution in [0.3, 0.4) is 0 Å². The van der Waals surface area contributed by atoms with Gasteiger partial charge in [-0.05, 0) is 43.9 Å². The molecule has 0 N–H and O–H groups in total. The van der Waals surface area contributed by atoms with Gasteiger partial charge in [-0.2, -0.15) is 4.99 Å². The summed E-state index contributed by atoms with van der Waals surface area (Å²) >= 11 is 0. The van der Waals surface area contributed by atoms with Crippen LogP contribution in [0.15, 0.2) is 11.1 Å². The van der Waals surface area contributed by atoms with Crippen molar-refractivity contribution in [3.8, 4) is 11.5 Å². The third-order valence-corrected chi connectivity index (χ3v) is 4.27. The van der Waals surface area contributed by atoms with Gasteiger partial charge >= 0.3 is 0 Å². The van der Waals surface area contributed by atoms with Crippen molar-refractivity contribution < 1.29 is 14.3 Å². The van der Waals surface area contributed by atoms with E-state index in [0.717, 1.165) is 53.9 Å². The molecule has 0 bridgehead atoms. The molecule has 0 unspecified atom stereocenters. The fourth-order valence-electron chi connectivity index (χ4n) is 3.33. The highest BCUT2D eigenvalue weighted by atomic mass is 16.5. The molecule has 4 nitrogen and oxygen atoms in total. The van der Waals surface area contributed by atoms with Gasteiger partial charge in [-0.25, -0.2) is 4.79 Å². The Bertz CT molecular complexity index is 553. The molecule has 0 heterocycles. The van der Waals surface area contributed by atoms with Gasteiger partial charge in [0.05, 0.1) is 19.8 Å². The van der Waals surface area contributed by atoms with E-state index in [2.05, 4.69) is 11.1 Å². The van der Waals surface area contributed by atoms with E-state index in [4.69, 9.17) is 9.47 Å². The van der Waals surface area contributed by atoms with E-state index in [1.807, 2.05) is 13.8 Å². The molecule has 0 saturated heterocycles. The molecule has 1 aliphatic rings. The summed E-state index contributed by atoms with van der Waals surface area (Å²) in [6.45, 7) is 3.98. The topological polar surface area (TPSA) is 47.9 Å². The molecule has 0 aromatic heterocycles. The molecule has 1 aromatic carbocycles. The van der Waals surface area contributed by atoms with E-state index in [1.165, 1.54) is 0 Å². The number of carbonyl (C=O) groups excluding carboxylic acids is 1.